The topological polar surface area (TPSA) is 37.3 Å². The lowest BCUT2D eigenvalue weighted by Crippen LogP contribution is -2.36. The first-order chi connectivity index (χ1) is 5.50. The molecule has 0 radical (unpaired) electrons. The Labute approximate surface area is 73.3 Å². The molecule has 2 nitrogen and oxygen atoms in total. The number of hydrogen-bond acceptors (Lipinski definition) is 2. The van der Waals surface area contributed by atoms with Gasteiger partial charge in [-0.25, -0.2) is 0 Å². The predicted octanol–water partition coefficient (Wildman–Crippen LogP) is 2.45. The molecule has 1 saturated carbocycles. The van der Waals surface area contributed by atoms with E-state index < -0.39 is 0 Å². The fraction of sp³-hybridized carbons (Fsp3) is 0.700. The van der Waals surface area contributed by atoms with Crippen LogP contribution in [0.15, 0.2) is 11.8 Å². The zero-order valence-corrected chi connectivity index (χ0v) is 7.92. The summed E-state index contributed by atoms with van der Waals surface area (Å²) in [6.45, 7) is 5.98. The number of Topliss-reactive ketones (excluding diaryl/α,β-unsaturated/α-hetero) is 1. The molecule has 0 saturated heterocycles. The minimum absolute atomic E-state index is 0.101. The van der Waals surface area contributed by atoms with Crippen molar-refractivity contribution in [3.63, 3.8) is 0 Å². The van der Waals surface area contributed by atoms with Crippen LogP contribution in [0.25, 0.3) is 0 Å². The molecule has 1 aliphatic rings. The second-order valence-corrected chi connectivity index (χ2v) is 4.14. The minimum atomic E-state index is -0.299. The number of ketones is 1. The van der Waals surface area contributed by atoms with E-state index >= 15 is 0 Å². The van der Waals surface area contributed by atoms with Crippen molar-refractivity contribution in [1.29, 1.82) is 0 Å². The Hall–Kier alpha value is -0.790. The SMILES string of the molecule is CC1CC/C(=C\O)C(=O)C1(C)C. The molecule has 1 fully saturated rings. The van der Waals surface area contributed by atoms with Crippen molar-refractivity contribution in [2.75, 3.05) is 0 Å². The summed E-state index contributed by atoms with van der Waals surface area (Å²) in [4.78, 5) is 11.7. The van der Waals surface area contributed by atoms with Gasteiger partial charge >= 0.3 is 0 Å². The van der Waals surface area contributed by atoms with Gasteiger partial charge in [0.1, 0.15) is 0 Å². The molecule has 0 bridgehead atoms. The molecule has 1 aliphatic carbocycles. The van der Waals surface area contributed by atoms with Crippen molar-refractivity contribution in [3.05, 3.63) is 11.8 Å². The highest BCUT2D eigenvalue weighted by atomic mass is 16.2. The van der Waals surface area contributed by atoms with Crippen LogP contribution in [0.5, 0.6) is 0 Å². The zero-order chi connectivity index (χ0) is 9.35. The standard InChI is InChI=1S/C10H16O2/c1-7-4-5-8(6-11)9(12)10(7,2)3/h6-7,11H,4-5H2,1-3H3/b8-6+. The highest BCUT2D eigenvalue weighted by molar-refractivity contribution is 6.00. The van der Waals surface area contributed by atoms with Gasteiger partial charge in [-0.3, -0.25) is 4.79 Å². The molecule has 0 aromatic heterocycles. The number of carbonyl (C=O) groups is 1. The molecule has 1 unspecified atom stereocenters. The molecule has 1 N–H and O–H groups in total. The Kier molecular flexibility index (Phi) is 2.27. The number of aliphatic hydroxyl groups excluding tert-OH is 1. The van der Waals surface area contributed by atoms with E-state index in [1.807, 2.05) is 13.8 Å². The van der Waals surface area contributed by atoms with Crippen LogP contribution in [-0.4, -0.2) is 10.9 Å². The highest BCUT2D eigenvalue weighted by Gasteiger charge is 2.39. The third-order valence-corrected chi connectivity index (χ3v) is 3.11. The van der Waals surface area contributed by atoms with Gasteiger partial charge in [0.15, 0.2) is 5.78 Å². The first-order valence-electron chi connectivity index (χ1n) is 4.38. The molecule has 0 aliphatic heterocycles. The van der Waals surface area contributed by atoms with Gasteiger partial charge < -0.3 is 5.11 Å². The van der Waals surface area contributed by atoms with Crippen LogP contribution in [0.4, 0.5) is 0 Å². The maximum atomic E-state index is 11.7. The average molecular weight is 168 g/mol. The summed E-state index contributed by atoms with van der Waals surface area (Å²) in [5, 5.41) is 8.80. The van der Waals surface area contributed by atoms with E-state index in [2.05, 4.69) is 6.92 Å². The van der Waals surface area contributed by atoms with E-state index in [0.717, 1.165) is 19.1 Å². The van der Waals surface area contributed by atoms with Crippen LogP contribution in [0.2, 0.25) is 0 Å². The lowest BCUT2D eigenvalue weighted by atomic mass is 9.67. The third-order valence-electron chi connectivity index (χ3n) is 3.11. The van der Waals surface area contributed by atoms with Gasteiger partial charge in [0.2, 0.25) is 0 Å². The molecule has 1 rings (SSSR count). The second-order valence-electron chi connectivity index (χ2n) is 4.14. The van der Waals surface area contributed by atoms with Crippen molar-refractivity contribution in [2.24, 2.45) is 11.3 Å². The normalized spacial score (nSPS) is 32.4. The number of rotatable bonds is 0. The molecule has 0 aromatic carbocycles. The molecule has 0 aromatic rings. The summed E-state index contributed by atoms with van der Waals surface area (Å²) in [6.07, 6.45) is 2.68. The Morgan fingerprint density at radius 3 is 2.67 bits per heavy atom. The van der Waals surface area contributed by atoms with Gasteiger partial charge in [-0.2, -0.15) is 0 Å². The third kappa shape index (κ3) is 1.26. The van der Waals surface area contributed by atoms with Gasteiger partial charge in [0.05, 0.1) is 6.26 Å². The van der Waals surface area contributed by atoms with Crippen LogP contribution in [0, 0.1) is 11.3 Å². The first kappa shape index (κ1) is 9.30. The summed E-state index contributed by atoms with van der Waals surface area (Å²) in [7, 11) is 0. The van der Waals surface area contributed by atoms with E-state index in [-0.39, 0.29) is 11.2 Å². The monoisotopic (exact) mass is 168 g/mol. The molecule has 0 amide bonds. The van der Waals surface area contributed by atoms with Crippen LogP contribution < -0.4 is 0 Å². The van der Waals surface area contributed by atoms with E-state index in [4.69, 9.17) is 5.11 Å². The summed E-state index contributed by atoms with van der Waals surface area (Å²) in [6, 6.07) is 0. The Morgan fingerprint density at radius 1 is 1.58 bits per heavy atom. The van der Waals surface area contributed by atoms with E-state index in [9.17, 15) is 4.79 Å². The summed E-state index contributed by atoms with van der Waals surface area (Å²) in [5.74, 6) is 0.512. The summed E-state index contributed by atoms with van der Waals surface area (Å²) in [5.41, 5.74) is 0.283. The number of allylic oxidation sites excluding steroid dienone is 1. The lowest BCUT2D eigenvalue weighted by Gasteiger charge is -2.35. The number of aliphatic hydroxyl groups is 1. The number of carbonyl (C=O) groups excluding carboxylic acids is 1. The molecule has 0 heterocycles. The van der Waals surface area contributed by atoms with E-state index in [0.29, 0.717) is 11.5 Å². The van der Waals surface area contributed by atoms with Crippen LogP contribution in [0.1, 0.15) is 33.6 Å². The fourth-order valence-electron chi connectivity index (χ4n) is 1.61. The molecule has 2 heteroatoms. The second kappa shape index (κ2) is 2.92. The Morgan fingerprint density at radius 2 is 2.17 bits per heavy atom. The molecule has 12 heavy (non-hydrogen) atoms. The molecular weight excluding hydrogens is 152 g/mol. The van der Waals surface area contributed by atoms with Gasteiger partial charge in [0, 0.05) is 11.0 Å². The molecule has 0 spiro atoms. The van der Waals surface area contributed by atoms with Gasteiger partial charge in [-0.05, 0) is 18.8 Å². The molecular formula is C10H16O2. The van der Waals surface area contributed by atoms with E-state index in [1.54, 1.807) is 0 Å². The van der Waals surface area contributed by atoms with Crippen molar-refractivity contribution >= 4 is 5.78 Å². The smallest absolute Gasteiger partial charge is 0.167 e. The predicted molar refractivity (Wildman–Crippen MR) is 47.9 cm³/mol. The van der Waals surface area contributed by atoms with Gasteiger partial charge in [-0.1, -0.05) is 20.8 Å². The highest BCUT2D eigenvalue weighted by Crippen LogP contribution is 2.39. The van der Waals surface area contributed by atoms with E-state index in [1.165, 1.54) is 0 Å². The van der Waals surface area contributed by atoms with Gasteiger partial charge in [0.25, 0.3) is 0 Å². The van der Waals surface area contributed by atoms with Crippen LogP contribution >= 0.6 is 0 Å². The summed E-state index contributed by atoms with van der Waals surface area (Å²) >= 11 is 0. The maximum Gasteiger partial charge on any atom is 0.167 e. The van der Waals surface area contributed by atoms with Crippen molar-refractivity contribution in [3.8, 4) is 0 Å². The van der Waals surface area contributed by atoms with Crippen LogP contribution in [0.3, 0.4) is 0 Å². The quantitative estimate of drug-likeness (QED) is 0.445. The lowest BCUT2D eigenvalue weighted by molar-refractivity contribution is -0.127. The molecule has 1 atom stereocenters. The zero-order valence-electron chi connectivity index (χ0n) is 7.92. The number of hydrogen-bond donors (Lipinski definition) is 1. The largest absolute Gasteiger partial charge is 0.515 e. The van der Waals surface area contributed by atoms with Crippen molar-refractivity contribution in [1.82, 2.24) is 0 Å². The minimum Gasteiger partial charge on any atom is -0.515 e. The first-order valence-corrected chi connectivity index (χ1v) is 4.38. The van der Waals surface area contributed by atoms with Crippen LogP contribution in [-0.2, 0) is 4.79 Å². The van der Waals surface area contributed by atoms with Crippen molar-refractivity contribution in [2.45, 2.75) is 33.6 Å². The Bertz CT molecular complexity index is 226. The average Bonchev–Trinajstić information content (AvgIpc) is 2.02. The summed E-state index contributed by atoms with van der Waals surface area (Å²) < 4.78 is 0. The maximum absolute atomic E-state index is 11.7. The fourth-order valence-corrected chi connectivity index (χ4v) is 1.61. The molecule has 68 valence electrons. The Balaban J connectivity index is 2.93. The van der Waals surface area contributed by atoms with Crippen molar-refractivity contribution < 1.29 is 9.90 Å². The van der Waals surface area contributed by atoms with Gasteiger partial charge in [-0.15, -0.1) is 0 Å².